The molecule has 0 aliphatic carbocycles. The number of ether oxygens (including phenoxy) is 1. The summed E-state index contributed by atoms with van der Waals surface area (Å²) in [4.78, 5) is 14.9. The highest BCUT2D eigenvalue weighted by molar-refractivity contribution is 7.99. The number of hydrogen-bond donors (Lipinski definition) is 1. The summed E-state index contributed by atoms with van der Waals surface area (Å²) in [5, 5.41) is 8.72. The molecule has 4 nitrogen and oxygen atoms in total. The van der Waals surface area contributed by atoms with Crippen molar-refractivity contribution < 1.29 is 19.0 Å². The van der Waals surface area contributed by atoms with E-state index in [1.54, 1.807) is 11.8 Å². The number of thioether (sulfide) groups is 2. The first-order chi connectivity index (χ1) is 14.0. The van der Waals surface area contributed by atoms with E-state index in [2.05, 4.69) is 30.0 Å². The maximum Gasteiger partial charge on any atom is 0.368 e. The number of carboxylic acids is 1. The van der Waals surface area contributed by atoms with Gasteiger partial charge in [-0.1, -0.05) is 31.5 Å². The second kappa shape index (κ2) is 10.1. The predicted octanol–water partition coefficient (Wildman–Crippen LogP) is 6.34. The van der Waals surface area contributed by atoms with Crippen molar-refractivity contribution in [1.82, 2.24) is 0 Å². The van der Waals surface area contributed by atoms with Crippen molar-refractivity contribution in [2.75, 3.05) is 23.5 Å². The molecule has 1 unspecified atom stereocenters. The van der Waals surface area contributed by atoms with Crippen molar-refractivity contribution in [3.8, 4) is 5.75 Å². The molecular weight excluding hydrogens is 409 g/mol. The Morgan fingerprint density at radius 1 is 1.38 bits per heavy atom. The first-order valence-electron chi connectivity index (χ1n) is 9.46. The Morgan fingerprint density at radius 2 is 2.14 bits per heavy atom. The zero-order valence-corrected chi connectivity index (χ0v) is 18.1. The number of carboxylic acid groups (broad SMARTS) is 1. The van der Waals surface area contributed by atoms with Crippen LogP contribution in [-0.4, -0.2) is 29.6 Å². The van der Waals surface area contributed by atoms with Crippen molar-refractivity contribution >= 4 is 40.9 Å². The topological polar surface area (TPSA) is 49.8 Å². The van der Waals surface area contributed by atoms with Gasteiger partial charge in [0, 0.05) is 22.9 Å². The number of rotatable bonds is 7. The summed E-state index contributed by atoms with van der Waals surface area (Å²) in [6, 6.07) is 14.2. The highest BCUT2D eigenvalue weighted by Gasteiger charge is 2.25. The fourth-order valence-electron chi connectivity index (χ4n) is 3.33. The SMILES string of the molecule is CCCC1CSc2cc(O/C=C(\F)C(=O)O)c(SC)cc2N(c2ccccc2)C1. The predicted molar refractivity (Wildman–Crippen MR) is 118 cm³/mol. The Hall–Kier alpha value is -2.12. The molecule has 1 N–H and O–H groups in total. The molecule has 154 valence electrons. The average Bonchev–Trinajstić information content (AvgIpc) is 2.91. The molecule has 0 saturated heterocycles. The Morgan fingerprint density at radius 3 is 2.79 bits per heavy atom. The number of aliphatic carboxylic acids is 1. The van der Waals surface area contributed by atoms with Crippen LogP contribution in [0.3, 0.4) is 0 Å². The summed E-state index contributed by atoms with van der Waals surface area (Å²) in [5.74, 6) is -0.973. The van der Waals surface area contributed by atoms with Crippen LogP contribution in [0.15, 0.2) is 64.3 Å². The second-order valence-corrected chi connectivity index (χ2v) is 8.68. The van der Waals surface area contributed by atoms with E-state index < -0.39 is 11.8 Å². The molecule has 0 aromatic heterocycles. The largest absolute Gasteiger partial charge is 0.476 e. The Kier molecular flexibility index (Phi) is 7.50. The van der Waals surface area contributed by atoms with Crippen LogP contribution in [0.4, 0.5) is 15.8 Å². The van der Waals surface area contributed by atoms with Crippen molar-refractivity contribution in [2.45, 2.75) is 29.6 Å². The Labute approximate surface area is 179 Å². The van der Waals surface area contributed by atoms with Crippen molar-refractivity contribution in [1.29, 1.82) is 0 Å². The minimum absolute atomic E-state index is 0.460. The number of halogens is 1. The molecule has 2 aromatic carbocycles. The van der Waals surface area contributed by atoms with Crippen LogP contribution in [-0.2, 0) is 4.79 Å². The Bertz CT molecular complexity index is 889. The lowest BCUT2D eigenvalue weighted by Crippen LogP contribution is -2.25. The number of para-hydroxylation sites is 1. The average molecular weight is 434 g/mol. The maximum atomic E-state index is 13.4. The van der Waals surface area contributed by atoms with Crippen LogP contribution in [0, 0.1) is 5.92 Å². The van der Waals surface area contributed by atoms with Crippen LogP contribution in [0.5, 0.6) is 5.75 Å². The molecule has 1 heterocycles. The maximum absolute atomic E-state index is 13.4. The zero-order chi connectivity index (χ0) is 20.8. The summed E-state index contributed by atoms with van der Waals surface area (Å²) in [5.41, 5.74) is 2.23. The van der Waals surface area contributed by atoms with Gasteiger partial charge in [-0.05, 0) is 42.9 Å². The van der Waals surface area contributed by atoms with Gasteiger partial charge >= 0.3 is 5.97 Å². The normalized spacial score (nSPS) is 16.9. The summed E-state index contributed by atoms with van der Waals surface area (Å²) < 4.78 is 18.8. The van der Waals surface area contributed by atoms with Crippen LogP contribution in [0.2, 0.25) is 0 Å². The van der Waals surface area contributed by atoms with Gasteiger partial charge in [0.1, 0.15) is 12.0 Å². The van der Waals surface area contributed by atoms with Crippen LogP contribution >= 0.6 is 23.5 Å². The molecule has 1 atom stereocenters. The molecule has 0 spiro atoms. The lowest BCUT2D eigenvalue weighted by Gasteiger charge is -2.28. The lowest BCUT2D eigenvalue weighted by molar-refractivity contribution is -0.134. The first kappa shape index (κ1) is 21.6. The summed E-state index contributed by atoms with van der Waals surface area (Å²) >= 11 is 3.25. The van der Waals surface area contributed by atoms with Crippen molar-refractivity contribution in [3.05, 3.63) is 54.6 Å². The van der Waals surface area contributed by atoms with Crippen LogP contribution in [0.1, 0.15) is 19.8 Å². The third kappa shape index (κ3) is 5.28. The van der Waals surface area contributed by atoms with E-state index in [9.17, 15) is 9.18 Å². The lowest BCUT2D eigenvalue weighted by atomic mass is 10.0. The van der Waals surface area contributed by atoms with Crippen molar-refractivity contribution in [2.24, 2.45) is 5.92 Å². The quantitative estimate of drug-likeness (QED) is 0.312. The van der Waals surface area contributed by atoms with Crippen LogP contribution in [0.25, 0.3) is 0 Å². The third-order valence-corrected chi connectivity index (χ3v) is 6.74. The molecule has 29 heavy (non-hydrogen) atoms. The number of carbonyl (C=O) groups is 1. The van der Waals surface area contributed by atoms with Crippen molar-refractivity contribution in [3.63, 3.8) is 0 Å². The van der Waals surface area contributed by atoms with Gasteiger partial charge in [0.25, 0.3) is 0 Å². The van der Waals surface area contributed by atoms with Gasteiger partial charge in [0.2, 0.25) is 5.83 Å². The molecule has 7 heteroatoms. The van der Waals surface area contributed by atoms with Crippen LogP contribution < -0.4 is 9.64 Å². The Balaban J connectivity index is 2.03. The van der Waals surface area contributed by atoms with E-state index in [0.717, 1.165) is 46.3 Å². The van der Waals surface area contributed by atoms with Gasteiger partial charge in [0.05, 0.1) is 10.6 Å². The van der Waals surface area contributed by atoms with E-state index in [0.29, 0.717) is 17.9 Å². The van der Waals surface area contributed by atoms with E-state index in [1.807, 2.05) is 30.5 Å². The summed E-state index contributed by atoms with van der Waals surface area (Å²) in [7, 11) is 0. The highest BCUT2D eigenvalue weighted by atomic mass is 32.2. The molecule has 0 saturated carbocycles. The number of hydrogen-bond acceptors (Lipinski definition) is 5. The molecule has 0 bridgehead atoms. The van der Waals surface area contributed by atoms with Gasteiger partial charge in [-0.3, -0.25) is 0 Å². The molecule has 2 aromatic rings. The second-order valence-electron chi connectivity index (χ2n) is 6.77. The van der Waals surface area contributed by atoms with Gasteiger partial charge in [-0.25, -0.2) is 4.79 Å². The molecule has 0 fully saturated rings. The number of benzene rings is 2. The fraction of sp³-hybridized carbons (Fsp3) is 0.318. The van der Waals surface area contributed by atoms with Gasteiger partial charge in [-0.15, -0.1) is 23.5 Å². The molecule has 3 rings (SSSR count). The van der Waals surface area contributed by atoms with Gasteiger partial charge in [0.15, 0.2) is 0 Å². The van der Waals surface area contributed by atoms with Gasteiger partial charge < -0.3 is 14.7 Å². The fourth-order valence-corrected chi connectivity index (χ4v) is 5.06. The molecule has 1 aliphatic rings. The molecule has 0 amide bonds. The molecular formula is C22H24FNO3S2. The summed E-state index contributed by atoms with van der Waals surface area (Å²) in [6.45, 7) is 3.14. The molecule has 0 radical (unpaired) electrons. The van der Waals surface area contributed by atoms with E-state index in [1.165, 1.54) is 11.8 Å². The monoisotopic (exact) mass is 433 g/mol. The summed E-state index contributed by atoms with van der Waals surface area (Å²) in [6.07, 6.45) is 4.85. The van der Waals surface area contributed by atoms with E-state index >= 15 is 0 Å². The third-order valence-electron chi connectivity index (χ3n) is 4.71. The standard InChI is InChI=1S/C22H24FNO3S2/c1-3-7-15-12-24(16-8-5-4-6-9-16)18-10-21(28-2)19(11-20(18)29-14-15)27-13-17(23)22(25)26/h4-6,8-11,13,15H,3,7,12,14H2,1-2H3,(H,25,26)/b17-13-. The highest BCUT2D eigenvalue weighted by Crippen LogP contribution is 2.45. The van der Waals surface area contributed by atoms with Gasteiger partial charge in [-0.2, -0.15) is 4.39 Å². The zero-order valence-electron chi connectivity index (χ0n) is 16.4. The molecule has 1 aliphatic heterocycles. The first-order valence-corrected chi connectivity index (χ1v) is 11.7. The smallest absolute Gasteiger partial charge is 0.368 e. The minimum atomic E-state index is -1.64. The van der Waals surface area contributed by atoms with E-state index in [4.69, 9.17) is 9.84 Å². The minimum Gasteiger partial charge on any atom is -0.476 e. The number of nitrogens with zero attached hydrogens (tertiary/aromatic N) is 1. The van der Waals surface area contributed by atoms with E-state index in [-0.39, 0.29) is 0 Å². The number of anilines is 2. The number of fused-ring (bicyclic) bond motifs is 1.